The van der Waals surface area contributed by atoms with Crippen LogP contribution in [0.2, 0.25) is 0 Å². The lowest BCUT2D eigenvalue weighted by Gasteiger charge is -2.49. The number of hydrogen-bond acceptors (Lipinski definition) is 2. The highest BCUT2D eigenvalue weighted by Crippen LogP contribution is 2.59. The molecule has 122 valence electrons. The standard InChI is InChI=1S/C20H30O2/c1-12-6-5-7-13(2)15-10-11-20(4)17(15)14(3)16(9-8-12)18(21)19(20)22/h6,16-19,21-22H,3,5,7-11H2,1-2,4H3/b12-6-,15-13-/t16-,17+,18-,19-,20-/m0/s1. The molecular weight excluding hydrogens is 272 g/mol. The second-order valence-electron chi connectivity index (χ2n) is 7.99. The Morgan fingerprint density at radius 3 is 2.64 bits per heavy atom. The van der Waals surface area contributed by atoms with Gasteiger partial charge in [-0.1, -0.05) is 41.9 Å². The highest BCUT2D eigenvalue weighted by Gasteiger charge is 2.56. The van der Waals surface area contributed by atoms with Gasteiger partial charge in [-0.3, -0.25) is 0 Å². The van der Waals surface area contributed by atoms with Crippen LogP contribution in [0.5, 0.6) is 0 Å². The summed E-state index contributed by atoms with van der Waals surface area (Å²) in [4.78, 5) is 0. The minimum atomic E-state index is -0.665. The van der Waals surface area contributed by atoms with E-state index in [1.807, 2.05) is 0 Å². The van der Waals surface area contributed by atoms with Gasteiger partial charge < -0.3 is 10.2 Å². The van der Waals surface area contributed by atoms with E-state index in [0.717, 1.165) is 38.5 Å². The Morgan fingerprint density at radius 2 is 1.91 bits per heavy atom. The van der Waals surface area contributed by atoms with Crippen LogP contribution in [0.1, 0.15) is 59.3 Å². The van der Waals surface area contributed by atoms with Crippen molar-refractivity contribution in [3.63, 3.8) is 0 Å². The van der Waals surface area contributed by atoms with Crippen molar-refractivity contribution in [2.45, 2.75) is 71.5 Å². The van der Waals surface area contributed by atoms with Crippen LogP contribution in [0, 0.1) is 17.3 Å². The second kappa shape index (κ2) is 5.65. The van der Waals surface area contributed by atoms with Gasteiger partial charge >= 0.3 is 0 Å². The van der Waals surface area contributed by atoms with Gasteiger partial charge in [0.25, 0.3) is 0 Å². The van der Waals surface area contributed by atoms with Gasteiger partial charge in [0.05, 0.1) is 12.2 Å². The topological polar surface area (TPSA) is 40.5 Å². The SMILES string of the molecule is C=C1[C@@H]2/C3=C(/C)CC/C=C(/C)CC[C@@H]1[C@H](O)[C@H](O)[C@@]2(C)CC3. The molecule has 0 aromatic rings. The fraction of sp³-hybridized carbons (Fsp3) is 0.700. The average molecular weight is 302 g/mol. The molecule has 0 radical (unpaired) electrons. The van der Waals surface area contributed by atoms with Crippen LogP contribution in [0.15, 0.2) is 34.9 Å². The van der Waals surface area contributed by atoms with Gasteiger partial charge in [-0.2, -0.15) is 0 Å². The Bertz CT molecular complexity index is 542. The predicted molar refractivity (Wildman–Crippen MR) is 90.4 cm³/mol. The summed E-state index contributed by atoms with van der Waals surface area (Å²) in [5.41, 5.74) is 5.30. The summed E-state index contributed by atoms with van der Waals surface area (Å²) in [5, 5.41) is 21.5. The molecule has 3 rings (SSSR count). The van der Waals surface area contributed by atoms with Gasteiger partial charge in [0.1, 0.15) is 0 Å². The maximum absolute atomic E-state index is 10.8. The molecule has 2 fully saturated rings. The van der Waals surface area contributed by atoms with Gasteiger partial charge in [0.2, 0.25) is 0 Å². The predicted octanol–water partition coefficient (Wildman–Crippen LogP) is 4.15. The third-order valence-electron chi connectivity index (χ3n) is 6.61. The van der Waals surface area contributed by atoms with Crippen LogP contribution >= 0.6 is 0 Å². The van der Waals surface area contributed by atoms with Crippen LogP contribution in [0.25, 0.3) is 0 Å². The minimum Gasteiger partial charge on any atom is -0.390 e. The van der Waals surface area contributed by atoms with Crippen LogP contribution in [0.3, 0.4) is 0 Å². The number of hydrogen-bond donors (Lipinski definition) is 2. The Hall–Kier alpha value is -0.860. The molecule has 3 aliphatic carbocycles. The van der Waals surface area contributed by atoms with Crippen molar-refractivity contribution in [3.05, 3.63) is 34.9 Å². The molecule has 0 aliphatic heterocycles. The molecule has 0 spiro atoms. The molecule has 5 atom stereocenters. The first-order valence-electron chi connectivity index (χ1n) is 8.75. The van der Waals surface area contributed by atoms with Crippen LogP contribution in [-0.2, 0) is 0 Å². The average Bonchev–Trinajstić information content (AvgIpc) is 2.83. The van der Waals surface area contributed by atoms with Crippen LogP contribution in [0.4, 0.5) is 0 Å². The smallest absolute Gasteiger partial charge is 0.0870 e. The zero-order valence-electron chi connectivity index (χ0n) is 14.2. The number of rotatable bonds is 0. The summed E-state index contributed by atoms with van der Waals surface area (Å²) in [5.74, 6) is 0.282. The number of fused-ring (bicyclic) bond motifs is 1. The number of aliphatic hydroxyl groups excluding tert-OH is 2. The van der Waals surface area contributed by atoms with Gasteiger partial charge in [-0.25, -0.2) is 0 Å². The lowest BCUT2D eigenvalue weighted by atomic mass is 9.59. The van der Waals surface area contributed by atoms with Crippen molar-refractivity contribution >= 4 is 0 Å². The molecular formula is C20H30O2. The monoisotopic (exact) mass is 302 g/mol. The quantitative estimate of drug-likeness (QED) is 0.660. The van der Waals surface area contributed by atoms with Crippen LogP contribution in [-0.4, -0.2) is 22.4 Å². The third kappa shape index (κ3) is 2.32. The summed E-state index contributed by atoms with van der Waals surface area (Å²) >= 11 is 0. The fourth-order valence-corrected chi connectivity index (χ4v) is 5.10. The van der Waals surface area contributed by atoms with E-state index >= 15 is 0 Å². The summed E-state index contributed by atoms with van der Waals surface area (Å²) in [6, 6.07) is 0. The van der Waals surface area contributed by atoms with E-state index in [1.165, 1.54) is 22.3 Å². The summed E-state index contributed by atoms with van der Waals surface area (Å²) < 4.78 is 0. The molecule has 0 heterocycles. The van der Waals surface area contributed by atoms with E-state index in [-0.39, 0.29) is 17.3 Å². The zero-order chi connectivity index (χ0) is 16.1. The van der Waals surface area contributed by atoms with E-state index < -0.39 is 12.2 Å². The van der Waals surface area contributed by atoms with Crippen molar-refractivity contribution in [2.24, 2.45) is 17.3 Å². The molecule has 0 amide bonds. The maximum Gasteiger partial charge on any atom is 0.0870 e. The largest absolute Gasteiger partial charge is 0.390 e. The van der Waals surface area contributed by atoms with Crippen molar-refractivity contribution in [1.29, 1.82) is 0 Å². The Kier molecular flexibility index (Phi) is 4.11. The van der Waals surface area contributed by atoms with Crippen molar-refractivity contribution in [1.82, 2.24) is 0 Å². The lowest BCUT2D eigenvalue weighted by Crippen LogP contribution is -2.53. The molecule has 0 aromatic heterocycles. The zero-order valence-corrected chi connectivity index (χ0v) is 14.2. The second-order valence-corrected chi connectivity index (χ2v) is 7.99. The maximum atomic E-state index is 10.8. The van der Waals surface area contributed by atoms with Gasteiger partial charge in [0, 0.05) is 17.3 Å². The minimum absolute atomic E-state index is 0.0235. The summed E-state index contributed by atoms with van der Waals surface area (Å²) in [6.07, 6.45) is 7.16. The first-order chi connectivity index (χ1) is 10.4. The highest BCUT2D eigenvalue weighted by atomic mass is 16.3. The van der Waals surface area contributed by atoms with Crippen molar-refractivity contribution < 1.29 is 10.2 Å². The van der Waals surface area contributed by atoms with Gasteiger partial charge in [-0.15, -0.1) is 0 Å². The van der Waals surface area contributed by atoms with E-state index in [1.54, 1.807) is 0 Å². The van der Waals surface area contributed by atoms with Crippen molar-refractivity contribution in [2.75, 3.05) is 0 Å². The van der Waals surface area contributed by atoms with E-state index in [0.29, 0.717) is 0 Å². The molecule has 0 saturated heterocycles. The Balaban J connectivity index is 2.08. The van der Waals surface area contributed by atoms with E-state index in [2.05, 4.69) is 33.4 Å². The molecule has 2 nitrogen and oxygen atoms in total. The lowest BCUT2D eigenvalue weighted by molar-refractivity contribution is -0.108. The molecule has 2 saturated carbocycles. The van der Waals surface area contributed by atoms with Crippen LogP contribution < -0.4 is 0 Å². The fourth-order valence-electron chi connectivity index (χ4n) is 5.10. The summed E-state index contributed by atoms with van der Waals surface area (Å²) in [7, 11) is 0. The van der Waals surface area contributed by atoms with E-state index in [4.69, 9.17) is 0 Å². The van der Waals surface area contributed by atoms with Gasteiger partial charge in [-0.05, 0) is 52.4 Å². The molecule has 3 aliphatic rings. The summed E-state index contributed by atoms with van der Waals surface area (Å²) in [6.45, 7) is 11.0. The van der Waals surface area contributed by atoms with Gasteiger partial charge in [0.15, 0.2) is 0 Å². The molecule has 2 heteroatoms. The Morgan fingerprint density at radius 1 is 1.18 bits per heavy atom. The third-order valence-corrected chi connectivity index (χ3v) is 6.61. The van der Waals surface area contributed by atoms with Crippen molar-refractivity contribution in [3.8, 4) is 0 Å². The molecule has 0 aromatic carbocycles. The first kappa shape index (κ1) is 16.0. The molecule has 2 bridgehead atoms. The number of aliphatic hydroxyl groups is 2. The highest BCUT2D eigenvalue weighted by molar-refractivity contribution is 5.37. The molecule has 2 N–H and O–H groups in total. The Labute approximate surface area is 134 Å². The van der Waals surface area contributed by atoms with E-state index in [9.17, 15) is 10.2 Å². The molecule has 22 heavy (non-hydrogen) atoms. The normalized spacial score (nSPS) is 48.6. The number of allylic oxidation sites excluding steroid dienone is 4. The first-order valence-corrected chi connectivity index (χ1v) is 8.75. The molecule has 0 unspecified atom stereocenters.